The van der Waals surface area contributed by atoms with Gasteiger partial charge in [0.2, 0.25) is 5.91 Å². The molecule has 0 aromatic heterocycles. The van der Waals surface area contributed by atoms with Crippen molar-refractivity contribution in [2.24, 2.45) is 17.1 Å². The molecule has 0 saturated heterocycles. The number of carbonyl (C=O) groups excluding carboxylic acids is 1. The van der Waals surface area contributed by atoms with Crippen LogP contribution in [0.3, 0.4) is 0 Å². The summed E-state index contributed by atoms with van der Waals surface area (Å²) in [6, 6.07) is 0.353. The van der Waals surface area contributed by atoms with E-state index in [0.717, 1.165) is 25.2 Å². The standard InChI is InChI=1S/C11H20N2O/c1-8(9-3-4-9)13-10(14)11(7-12)5-2-6-11/h8-9H,2-7,12H2,1H3,(H,13,14). The number of nitrogens with one attached hydrogen (secondary N) is 1. The molecule has 14 heavy (non-hydrogen) atoms. The summed E-state index contributed by atoms with van der Waals surface area (Å²) in [7, 11) is 0. The van der Waals surface area contributed by atoms with Crippen LogP contribution >= 0.6 is 0 Å². The van der Waals surface area contributed by atoms with Gasteiger partial charge in [-0.2, -0.15) is 0 Å². The van der Waals surface area contributed by atoms with Crippen molar-refractivity contribution >= 4 is 5.91 Å². The van der Waals surface area contributed by atoms with Gasteiger partial charge in [-0.05, 0) is 38.5 Å². The van der Waals surface area contributed by atoms with E-state index in [1.54, 1.807) is 0 Å². The summed E-state index contributed by atoms with van der Waals surface area (Å²) >= 11 is 0. The average Bonchev–Trinajstić information content (AvgIpc) is 2.84. The van der Waals surface area contributed by atoms with E-state index >= 15 is 0 Å². The van der Waals surface area contributed by atoms with Crippen LogP contribution in [0.5, 0.6) is 0 Å². The molecule has 3 heteroatoms. The van der Waals surface area contributed by atoms with Gasteiger partial charge in [0, 0.05) is 12.6 Å². The predicted molar refractivity (Wildman–Crippen MR) is 55.7 cm³/mol. The highest BCUT2D eigenvalue weighted by Gasteiger charge is 2.44. The number of nitrogens with two attached hydrogens (primary N) is 1. The Kier molecular flexibility index (Phi) is 2.52. The monoisotopic (exact) mass is 196 g/mol. The van der Waals surface area contributed by atoms with E-state index in [0.29, 0.717) is 12.6 Å². The van der Waals surface area contributed by atoms with Crippen molar-refractivity contribution < 1.29 is 4.79 Å². The molecule has 2 saturated carbocycles. The third-order valence-electron chi connectivity index (χ3n) is 3.87. The molecule has 3 nitrogen and oxygen atoms in total. The molecule has 1 atom stereocenters. The molecular formula is C11H20N2O. The Bertz CT molecular complexity index is 226. The van der Waals surface area contributed by atoms with Crippen molar-refractivity contribution in [1.82, 2.24) is 5.32 Å². The smallest absolute Gasteiger partial charge is 0.227 e. The Hall–Kier alpha value is -0.570. The lowest BCUT2D eigenvalue weighted by molar-refractivity contribution is -0.136. The van der Waals surface area contributed by atoms with Gasteiger partial charge in [0.1, 0.15) is 0 Å². The molecule has 0 aliphatic heterocycles. The maximum absolute atomic E-state index is 11.9. The molecule has 1 unspecified atom stereocenters. The van der Waals surface area contributed by atoms with Crippen LogP contribution in [0.1, 0.15) is 39.0 Å². The highest BCUT2D eigenvalue weighted by molar-refractivity contribution is 5.84. The van der Waals surface area contributed by atoms with E-state index in [2.05, 4.69) is 12.2 Å². The van der Waals surface area contributed by atoms with E-state index in [-0.39, 0.29) is 11.3 Å². The molecule has 2 fully saturated rings. The van der Waals surface area contributed by atoms with Crippen LogP contribution in [-0.4, -0.2) is 18.5 Å². The zero-order valence-corrected chi connectivity index (χ0v) is 8.88. The Morgan fingerprint density at radius 3 is 2.57 bits per heavy atom. The van der Waals surface area contributed by atoms with Crippen molar-refractivity contribution in [3.8, 4) is 0 Å². The lowest BCUT2D eigenvalue weighted by atomic mass is 9.68. The minimum absolute atomic E-state index is 0.200. The number of amides is 1. The first kappa shape index (κ1) is 9.97. The molecule has 0 spiro atoms. The van der Waals surface area contributed by atoms with Crippen molar-refractivity contribution in [1.29, 1.82) is 0 Å². The van der Waals surface area contributed by atoms with Crippen LogP contribution in [0.4, 0.5) is 0 Å². The Labute approximate surface area is 85.4 Å². The topological polar surface area (TPSA) is 55.1 Å². The van der Waals surface area contributed by atoms with Crippen LogP contribution in [0.25, 0.3) is 0 Å². The van der Waals surface area contributed by atoms with Crippen LogP contribution in [0, 0.1) is 11.3 Å². The first-order valence-corrected chi connectivity index (χ1v) is 5.69. The van der Waals surface area contributed by atoms with Crippen molar-refractivity contribution in [2.45, 2.75) is 45.1 Å². The number of rotatable bonds is 4. The number of hydrogen-bond acceptors (Lipinski definition) is 2. The highest BCUT2D eigenvalue weighted by atomic mass is 16.2. The zero-order chi connectivity index (χ0) is 10.2. The Morgan fingerprint density at radius 1 is 1.57 bits per heavy atom. The molecule has 0 aromatic rings. The molecule has 0 aromatic carbocycles. The van der Waals surface area contributed by atoms with Gasteiger partial charge in [0.15, 0.2) is 0 Å². The Morgan fingerprint density at radius 2 is 2.21 bits per heavy atom. The first-order valence-electron chi connectivity index (χ1n) is 5.69. The van der Waals surface area contributed by atoms with Gasteiger partial charge in [-0.3, -0.25) is 4.79 Å². The maximum Gasteiger partial charge on any atom is 0.227 e. The molecule has 1 amide bonds. The second-order valence-electron chi connectivity index (χ2n) is 4.94. The summed E-state index contributed by atoms with van der Waals surface area (Å²) in [6.45, 7) is 2.62. The van der Waals surface area contributed by atoms with Gasteiger partial charge in [-0.1, -0.05) is 6.42 Å². The molecule has 0 bridgehead atoms. The summed E-state index contributed by atoms with van der Waals surface area (Å²) < 4.78 is 0. The van der Waals surface area contributed by atoms with E-state index in [1.165, 1.54) is 12.8 Å². The largest absolute Gasteiger partial charge is 0.353 e. The predicted octanol–water partition coefficient (Wildman–Crippen LogP) is 1.03. The van der Waals surface area contributed by atoms with Gasteiger partial charge >= 0.3 is 0 Å². The third kappa shape index (κ3) is 1.65. The summed E-state index contributed by atoms with van der Waals surface area (Å²) in [5.74, 6) is 0.930. The van der Waals surface area contributed by atoms with E-state index in [9.17, 15) is 4.79 Å². The van der Waals surface area contributed by atoms with Gasteiger partial charge in [-0.25, -0.2) is 0 Å². The van der Waals surface area contributed by atoms with Gasteiger partial charge in [0.05, 0.1) is 5.41 Å². The van der Waals surface area contributed by atoms with E-state index in [4.69, 9.17) is 5.73 Å². The number of hydrogen-bond donors (Lipinski definition) is 2. The highest BCUT2D eigenvalue weighted by Crippen LogP contribution is 2.41. The Balaban J connectivity index is 1.87. The lowest BCUT2D eigenvalue weighted by Crippen LogP contribution is -2.52. The molecule has 80 valence electrons. The summed E-state index contributed by atoms with van der Waals surface area (Å²) in [5, 5.41) is 3.12. The second kappa shape index (κ2) is 3.54. The minimum Gasteiger partial charge on any atom is -0.353 e. The molecule has 2 aliphatic carbocycles. The normalized spacial score (nSPS) is 26.4. The van der Waals surface area contributed by atoms with Crippen LogP contribution in [0.2, 0.25) is 0 Å². The first-order chi connectivity index (χ1) is 6.68. The second-order valence-corrected chi connectivity index (χ2v) is 4.94. The van der Waals surface area contributed by atoms with E-state index in [1.807, 2.05) is 0 Å². The SMILES string of the molecule is CC(NC(=O)C1(CN)CCC1)C1CC1. The van der Waals surface area contributed by atoms with Gasteiger partial charge in [-0.15, -0.1) is 0 Å². The fourth-order valence-corrected chi connectivity index (χ4v) is 2.20. The van der Waals surface area contributed by atoms with Crippen molar-refractivity contribution in [3.63, 3.8) is 0 Å². The van der Waals surface area contributed by atoms with Crippen molar-refractivity contribution in [3.05, 3.63) is 0 Å². The third-order valence-corrected chi connectivity index (χ3v) is 3.87. The van der Waals surface area contributed by atoms with Crippen LogP contribution < -0.4 is 11.1 Å². The molecule has 2 rings (SSSR count). The molecule has 2 aliphatic rings. The van der Waals surface area contributed by atoms with Crippen LogP contribution in [0.15, 0.2) is 0 Å². The fraction of sp³-hybridized carbons (Fsp3) is 0.909. The summed E-state index contributed by atoms with van der Waals surface area (Å²) in [5.41, 5.74) is 5.47. The molecular weight excluding hydrogens is 176 g/mol. The fourth-order valence-electron chi connectivity index (χ4n) is 2.20. The van der Waals surface area contributed by atoms with E-state index < -0.39 is 0 Å². The molecule has 3 N–H and O–H groups in total. The molecule has 0 heterocycles. The van der Waals surface area contributed by atoms with Gasteiger partial charge in [0.25, 0.3) is 0 Å². The minimum atomic E-state index is -0.205. The van der Waals surface area contributed by atoms with Crippen LogP contribution in [-0.2, 0) is 4.79 Å². The summed E-state index contributed by atoms with van der Waals surface area (Å²) in [4.78, 5) is 11.9. The number of carbonyl (C=O) groups is 1. The maximum atomic E-state index is 11.9. The average molecular weight is 196 g/mol. The molecule has 0 radical (unpaired) electrons. The van der Waals surface area contributed by atoms with Crippen molar-refractivity contribution in [2.75, 3.05) is 6.54 Å². The van der Waals surface area contributed by atoms with Gasteiger partial charge < -0.3 is 11.1 Å². The lowest BCUT2D eigenvalue weighted by Gasteiger charge is -2.39. The zero-order valence-electron chi connectivity index (χ0n) is 8.88. The summed E-state index contributed by atoms with van der Waals surface area (Å²) in [6.07, 6.45) is 5.66. The quantitative estimate of drug-likeness (QED) is 0.705.